The Kier molecular flexibility index (Phi) is 5.07. The molecule has 5 nitrogen and oxygen atoms in total. The molecule has 2 aromatic rings. The maximum Gasteiger partial charge on any atom is 0.245 e. The normalized spacial score (nSPS) is 31.3. The van der Waals surface area contributed by atoms with Gasteiger partial charge in [0.2, 0.25) is 10.0 Å². The van der Waals surface area contributed by atoms with Crippen molar-refractivity contribution in [3.63, 3.8) is 0 Å². The molecule has 1 aliphatic heterocycles. The molecule has 31 heavy (non-hydrogen) atoms. The molecular formula is C25H29NO4S. The van der Waals surface area contributed by atoms with Crippen LogP contribution in [0.1, 0.15) is 60.5 Å². The van der Waals surface area contributed by atoms with Gasteiger partial charge in [0.1, 0.15) is 6.23 Å². The van der Waals surface area contributed by atoms with E-state index in [-0.39, 0.29) is 22.8 Å². The monoisotopic (exact) mass is 439 g/mol. The van der Waals surface area contributed by atoms with Gasteiger partial charge in [0.25, 0.3) is 0 Å². The zero-order valence-electron chi connectivity index (χ0n) is 18.1. The first kappa shape index (κ1) is 20.9. The van der Waals surface area contributed by atoms with Gasteiger partial charge in [-0.25, -0.2) is 8.42 Å². The number of ether oxygens (including phenoxy) is 1. The summed E-state index contributed by atoms with van der Waals surface area (Å²) in [4.78, 5) is 14.0. The number of Topliss-reactive ketones (excluding diaryl/α,β-unsaturated/α-hetero) is 1. The van der Waals surface area contributed by atoms with E-state index in [1.54, 1.807) is 16.4 Å². The van der Waals surface area contributed by atoms with Crippen LogP contribution in [0.25, 0.3) is 0 Å². The van der Waals surface area contributed by atoms with Crippen LogP contribution in [0.5, 0.6) is 0 Å². The lowest BCUT2D eigenvalue weighted by Crippen LogP contribution is -2.54. The molecule has 0 aromatic heterocycles. The SMILES string of the molecule is Cc1ccc(S(=O)(=O)N2C3CCCCC3OC2C2(C)CCc3ccccc3C2=O)cc1. The highest BCUT2D eigenvalue weighted by Crippen LogP contribution is 2.48. The largest absolute Gasteiger partial charge is 0.356 e. The molecule has 3 aliphatic rings. The van der Waals surface area contributed by atoms with Crippen molar-refractivity contribution in [3.05, 3.63) is 65.2 Å². The van der Waals surface area contributed by atoms with E-state index < -0.39 is 21.7 Å². The first-order chi connectivity index (χ1) is 14.8. The van der Waals surface area contributed by atoms with E-state index in [1.807, 2.05) is 50.2 Å². The van der Waals surface area contributed by atoms with Gasteiger partial charge in [0, 0.05) is 5.56 Å². The van der Waals surface area contributed by atoms with E-state index in [4.69, 9.17) is 4.74 Å². The van der Waals surface area contributed by atoms with Crippen molar-refractivity contribution in [2.24, 2.45) is 5.41 Å². The average Bonchev–Trinajstić information content (AvgIpc) is 3.18. The van der Waals surface area contributed by atoms with E-state index in [0.717, 1.165) is 43.2 Å². The summed E-state index contributed by atoms with van der Waals surface area (Å²) >= 11 is 0. The quantitative estimate of drug-likeness (QED) is 0.707. The lowest BCUT2D eigenvalue weighted by atomic mass is 9.70. The number of carbonyl (C=O) groups excluding carboxylic acids is 1. The maximum absolute atomic E-state index is 13.9. The zero-order chi connectivity index (χ0) is 21.8. The summed E-state index contributed by atoms with van der Waals surface area (Å²) in [5.41, 5.74) is 1.83. The fraction of sp³-hybridized carbons (Fsp3) is 0.480. The molecule has 0 spiro atoms. The molecule has 2 aromatic carbocycles. The average molecular weight is 440 g/mol. The van der Waals surface area contributed by atoms with E-state index in [0.29, 0.717) is 12.0 Å². The van der Waals surface area contributed by atoms with Crippen LogP contribution in [0.15, 0.2) is 53.4 Å². The minimum Gasteiger partial charge on any atom is -0.356 e. The smallest absolute Gasteiger partial charge is 0.245 e. The Hall–Kier alpha value is -2.02. The van der Waals surface area contributed by atoms with Crippen LogP contribution in [-0.2, 0) is 21.2 Å². The number of sulfonamides is 1. The molecule has 4 unspecified atom stereocenters. The molecule has 2 aliphatic carbocycles. The predicted octanol–water partition coefficient (Wildman–Crippen LogP) is 4.49. The number of rotatable bonds is 3. The number of nitrogens with zero attached hydrogens (tertiary/aromatic N) is 1. The van der Waals surface area contributed by atoms with E-state index in [1.165, 1.54) is 0 Å². The highest BCUT2D eigenvalue weighted by Gasteiger charge is 2.58. The fourth-order valence-electron chi connectivity index (χ4n) is 5.50. The Morgan fingerprint density at radius 3 is 2.52 bits per heavy atom. The van der Waals surface area contributed by atoms with Crippen LogP contribution in [0.3, 0.4) is 0 Å². The number of aryl methyl sites for hydroxylation is 2. The third kappa shape index (κ3) is 3.27. The van der Waals surface area contributed by atoms with Gasteiger partial charge in [0.15, 0.2) is 5.78 Å². The van der Waals surface area contributed by atoms with Crippen LogP contribution < -0.4 is 0 Å². The molecule has 6 heteroatoms. The highest BCUT2D eigenvalue weighted by atomic mass is 32.2. The topological polar surface area (TPSA) is 63.7 Å². The van der Waals surface area contributed by atoms with Gasteiger partial charge >= 0.3 is 0 Å². The first-order valence-corrected chi connectivity index (χ1v) is 12.6. The summed E-state index contributed by atoms with van der Waals surface area (Å²) in [7, 11) is -3.81. The van der Waals surface area contributed by atoms with Gasteiger partial charge in [-0.2, -0.15) is 4.31 Å². The van der Waals surface area contributed by atoms with Crippen LogP contribution in [0.4, 0.5) is 0 Å². The molecule has 0 N–H and O–H groups in total. The van der Waals surface area contributed by atoms with E-state index in [2.05, 4.69) is 0 Å². The Morgan fingerprint density at radius 2 is 1.74 bits per heavy atom. The zero-order valence-corrected chi connectivity index (χ0v) is 18.9. The third-order valence-electron chi connectivity index (χ3n) is 7.37. The molecule has 164 valence electrons. The first-order valence-electron chi connectivity index (χ1n) is 11.2. The molecule has 0 radical (unpaired) electrons. The molecule has 1 heterocycles. The Balaban J connectivity index is 1.60. The molecule has 4 atom stereocenters. The van der Waals surface area contributed by atoms with Gasteiger partial charge in [-0.3, -0.25) is 4.79 Å². The third-order valence-corrected chi connectivity index (χ3v) is 9.25. The van der Waals surface area contributed by atoms with Crippen LogP contribution >= 0.6 is 0 Å². The van der Waals surface area contributed by atoms with Crippen molar-refractivity contribution in [2.75, 3.05) is 0 Å². The lowest BCUT2D eigenvalue weighted by Gasteiger charge is -2.41. The maximum atomic E-state index is 13.9. The summed E-state index contributed by atoms with van der Waals surface area (Å²) in [5, 5.41) is 0. The number of hydrogen-bond acceptors (Lipinski definition) is 4. The predicted molar refractivity (Wildman–Crippen MR) is 118 cm³/mol. The van der Waals surface area contributed by atoms with Gasteiger partial charge in [-0.05, 0) is 57.2 Å². The van der Waals surface area contributed by atoms with Crippen molar-refractivity contribution < 1.29 is 17.9 Å². The van der Waals surface area contributed by atoms with Gasteiger partial charge in [-0.15, -0.1) is 0 Å². The summed E-state index contributed by atoms with van der Waals surface area (Å²) in [6.07, 6.45) is 3.99. The number of ketones is 1. The standard InChI is InChI=1S/C25H29NO4S/c1-17-11-13-19(14-12-17)31(28,29)26-21-9-5-6-10-22(21)30-24(26)25(2)16-15-18-7-3-4-8-20(18)23(25)27/h3-4,7-8,11-14,21-22,24H,5-6,9-10,15-16H2,1-2H3. The molecule has 5 rings (SSSR count). The fourth-order valence-corrected chi connectivity index (χ4v) is 7.36. The number of benzene rings is 2. The molecule has 0 amide bonds. The highest BCUT2D eigenvalue weighted by molar-refractivity contribution is 7.89. The summed E-state index contributed by atoms with van der Waals surface area (Å²) in [5.74, 6) is -0.0119. The second-order valence-corrected chi connectivity index (χ2v) is 11.3. The summed E-state index contributed by atoms with van der Waals surface area (Å²) in [6.45, 7) is 3.83. The minimum atomic E-state index is -3.81. The Labute approximate surface area is 184 Å². The van der Waals surface area contributed by atoms with Crippen molar-refractivity contribution >= 4 is 15.8 Å². The van der Waals surface area contributed by atoms with Crippen LogP contribution in [0, 0.1) is 12.3 Å². The Morgan fingerprint density at radius 1 is 1.03 bits per heavy atom. The van der Waals surface area contributed by atoms with Gasteiger partial charge in [0.05, 0.1) is 22.5 Å². The summed E-state index contributed by atoms with van der Waals surface area (Å²) < 4.78 is 35.8. The van der Waals surface area contributed by atoms with E-state index in [9.17, 15) is 13.2 Å². The van der Waals surface area contributed by atoms with Crippen molar-refractivity contribution in [1.82, 2.24) is 4.31 Å². The number of fused-ring (bicyclic) bond motifs is 2. The second kappa shape index (κ2) is 7.54. The number of hydrogen-bond donors (Lipinski definition) is 0. The molecule has 1 saturated heterocycles. The lowest BCUT2D eigenvalue weighted by molar-refractivity contribution is -0.0540. The van der Waals surface area contributed by atoms with Gasteiger partial charge < -0.3 is 4.74 Å². The molecule has 1 saturated carbocycles. The molecule has 0 bridgehead atoms. The summed E-state index contributed by atoms with van der Waals surface area (Å²) in [6, 6.07) is 14.4. The van der Waals surface area contributed by atoms with Crippen molar-refractivity contribution in [1.29, 1.82) is 0 Å². The van der Waals surface area contributed by atoms with Crippen LogP contribution in [0.2, 0.25) is 0 Å². The second-order valence-electron chi connectivity index (χ2n) is 9.43. The van der Waals surface area contributed by atoms with Crippen molar-refractivity contribution in [3.8, 4) is 0 Å². The molecular weight excluding hydrogens is 410 g/mol. The van der Waals surface area contributed by atoms with Crippen molar-refractivity contribution in [2.45, 2.75) is 75.6 Å². The molecule has 2 fully saturated rings. The Bertz CT molecular complexity index is 1110. The van der Waals surface area contributed by atoms with E-state index >= 15 is 0 Å². The minimum absolute atomic E-state index is 0.0119. The van der Waals surface area contributed by atoms with Crippen LogP contribution in [-0.4, -0.2) is 36.9 Å². The van der Waals surface area contributed by atoms with Gasteiger partial charge in [-0.1, -0.05) is 54.8 Å². The number of carbonyl (C=O) groups is 1.